The van der Waals surface area contributed by atoms with Crippen LogP contribution in [0.15, 0.2) is 52.3 Å². The van der Waals surface area contributed by atoms with Gasteiger partial charge in [0.2, 0.25) is 15.9 Å². The van der Waals surface area contributed by atoms with E-state index in [-0.39, 0.29) is 35.5 Å². The lowest BCUT2D eigenvalue weighted by atomic mass is 9.97. The minimum absolute atomic E-state index is 0.0932. The fraction of sp³-hybridized carbons (Fsp3) is 0.350. The first-order chi connectivity index (χ1) is 14.2. The molecular weight excluding hydrogens is 426 g/mol. The Morgan fingerprint density at radius 3 is 2.37 bits per heavy atom. The Labute approximate surface area is 179 Å². The van der Waals surface area contributed by atoms with Crippen LogP contribution in [-0.2, 0) is 14.8 Å². The molecule has 0 spiro atoms. The molecule has 2 aromatic carbocycles. The van der Waals surface area contributed by atoms with E-state index in [0.29, 0.717) is 18.5 Å². The third kappa shape index (κ3) is 4.82. The highest BCUT2D eigenvalue weighted by Gasteiger charge is 2.32. The summed E-state index contributed by atoms with van der Waals surface area (Å²) in [7, 11) is -3.60. The van der Waals surface area contributed by atoms with E-state index >= 15 is 0 Å². The van der Waals surface area contributed by atoms with Crippen LogP contribution in [0.4, 0.5) is 11.4 Å². The number of piperidine rings is 1. The van der Waals surface area contributed by atoms with Crippen molar-refractivity contribution in [3.05, 3.63) is 58.1 Å². The predicted octanol–water partition coefficient (Wildman–Crippen LogP) is 3.66. The van der Waals surface area contributed by atoms with Crippen molar-refractivity contribution >= 4 is 39.1 Å². The molecule has 0 aromatic heterocycles. The molecule has 0 atom stereocenters. The van der Waals surface area contributed by atoms with Crippen molar-refractivity contribution in [3.8, 4) is 0 Å². The van der Waals surface area contributed by atoms with E-state index in [4.69, 9.17) is 0 Å². The number of rotatable bonds is 6. The first kappa shape index (κ1) is 22.3. The monoisotopic (exact) mass is 449 g/mol. The van der Waals surface area contributed by atoms with Crippen molar-refractivity contribution in [1.29, 1.82) is 0 Å². The van der Waals surface area contributed by atoms with E-state index in [1.54, 1.807) is 49.0 Å². The fourth-order valence-corrected chi connectivity index (χ4v) is 5.23. The van der Waals surface area contributed by atoms with Crippen molar-refractivity contribution < 1.29 is 18.1 Å². The van der Waals surface area contributed by atoms with E-state index in [9.17, 15) is 23.3 Å². The summed E-state index contributed by atoms with van der Waals surface area (Å²) in [5.41, 5.74) is 1.03. The third-order valence-corrected chi connectivity index (χ3v) is 7.87. The molecule has 2 aromatic rings. The molecule has 8 nitrogen and oxygen atoms in total. The summed E-state index contributed by atoms with van der Waals surface area (Å²) >= 11 is 1.54. The number of nitro benzene ring substituents is 1. The Kier molecular flexibility index (Phi) is 6.79. The molecule has 1 N–H and O–H groups in total. The zero-order valence-corrected chi connectivity index (χ0v) is 18.3. The number of benzene rings is 2. The minimum Gasteiger partial charge on any atom is -0.325 e. The quantitative estimate of drug-likeness (QED) is 0.409. The molecule has 10 heteroatoms. The minimum atomic E-state index is -3.60. The number of sulfonamides is 1. The predicted molar refractivity (Wildman–Crippen MR) is 116 cm³/mol. The molecule has 1 aliphatic heterocycles. The SMILES string of the molecule is CSc1ccc(S(=O)(=O)N2CCC(C(=O)Nc3cc([N+](=O)[O-])ccc3C)CC2)cc1. The number of aryl methyl sites for hydroxylation is 1. The Morgan fingerprint density at radius 2 is 1.80 bits per heavy atom. The summed E-state index contributed by atoms with van der Waals surface area (Å²) in [6.45, 7) is 2.26. The molecule has 1 amide bonds. The molecule has 0 unspecified atom stereocenters. The molecule has 1 saturated heterocycles. The Bertz CT molecular complexity index is 1050. The highest BCUT2D eigenvalue weighted by atomic mass is 32.2. The van der Waals surface area contributed by atoms with Gasteiger partial charge < -0.3 is 5.32 Å². The molecule has 0 aliphatic carbocycles. The van der Waals surface area contributed by atoms with E-state index in [0.717, 1.165) is 10.5 Å². The Hall–Kier alpha value is -2.43. The number of hydrogen-bond donors (Lipinski definition) is 1. The third-order valence-electron chi connectivity index (χ3n) is 5.21. The van der Waals surface area contributed by atoms with Gasteiger partial charge in [-0.2, -0.15) is 4.31 Å². The van der Waals surface area contributed by atoms with Crippen LogP contribution in [0.3, 0.4) is 0 Å². The average molecular weight is 450 g/mol. The van der Waals surface area contributed by atoms with E-state index in [2.05, 4.69) is 5.32 Å². The number of amides is 1. The van der Waals surface area contributed by atoms with Gasteiger partial charge in [-0.25, -0.2) is 8.42 Å². The number of nitrogens with zero attached hydrogens (tertiary/aromatic N) is 2. The van der Waals surface area contributed by atoms with Crippen LogP contribution in [0.2, 0.25) is 0 Å². The number of nitro groups is 1. The van der Waals surface area contributed by atoms with Crippen molar-refractivity contribution in [3.63, 3.8) is 0 Å². The largest absolute Gasteiger partial charge is 0.325 e. The van der Waals surface area contributed by atoms with Crippen LogP contribution in [0.5, 0.6) is 0 Å². The standard InChI is InChI=1S/C20H23N3O5S2/c1-14-3-4-16(23(25)26)13-19(14)21-20(24)15-9-11-22(12-10-15)30(27,28)18-7-5-17(29-2)6-8-18/h3-8,13,15H,9-12H2,1-2H3,(H,21,24). The fourth-order valence-electron chi connectivity index (χ4n) is 3.35. The normalized spacial score (nSPS) is 15.7. The van der Waals surface area contributed by atoms with Crippen molar-refractivity contribution in [1.82, 2.24) is 4.31 Å². The summed E-state index contributed by atoms with van der Waals surface area (Å²) in [5.74, 6) is -0.603. The summed E-state index contributed by atoms with van der Waals surface area (Å²) in [4.78, 5) is 24.3. The van der Waals surface area contributed by atoms with Gasteiger partial charge in [-0.3, -0.25) is 14.9 Å². The van der Waals surface area contributed by atoms with E-state index < -0.39 is 14.9 Å². The van der Waals surface area contributed by atoms with E-state index in [1.807, 2.05) is 6.26 Å². The highest BCUT2D eigenvalue weighted by Crippen LogP contribution is 2.27. The second-order valence-corrected chi connectivity index (χ2v) is 9.92. The number of thioether (sulfide) groups is 1. The number of nitrogens with one attached hydrogen (secondary N) is 1. The number of carbonyl (C=O) groups excluding carboxylic acids is 1. The average Bonchev–Trinajstić information content (AvgIpc) is 2.75. The van der Waals surface area contributed by atoms with Crippen LogP contribution in [-0.4, -0.2) is 42.9 Å². The molecule has 30 heavy (non-hydrogen) atoms. The van der Waals surface area contributed by atoms with Gasteiger partial charge in [0.05, 0.1) is 15.5 Å². The first-order valence-electron chi connectivity index (χ1n) is 9.42. The zero-order chi connectivity index (χ0) is 21.9. The smallest absolute Gasteiger partial charge is 0.271 e. The van der Waals surface area contributed by atoms with Crippen LogP contribution >= 0.6 is 11.8 Å². The van der Waals surface area contributed by atoms with Gasteiger partial charge in [0.1, 0.15) is 0 Å². The summed E-state index contributed by atoms with van der Waals surface area (Å²) in [5, 5.41) is 13.7. The van der Waals surface area contributed by atoms with Crippen LogP contribution < -0.4 is 5.32 Å². The maximum absolute atomic E-state index is 12.9. The maximum Gasteiger partial charge on any atom is 0.271 e. The summed E-state index contributed by atoms with van der Waals surface area (Å²) in [6, 6.07) is 11.1. The van der Waals surface area contributed by atoms with Crippen molar-refractivity contribution in [2.45, 2.75) is 29.6 Å². The molecule has 1 heterocycles. The summed E-state index contributed by atoms with van der Waals surface area (Å²) in [6.07, 6.45) is 2.71. The van der Waals surface area contributed by atoms with Gasteiger partial charge in [-0.1, -0.05) is 6.07 Å². The second-order valence-electron chi connectivity index (χ2n) is 7.10. The van der Waals surface area contributed by atoms with Gasteiger partial charge >= 0.3 is 0 Å². The van der Waals surface area contributed by atoms with Gasteiger partial charge in [0.25, 0.3) is 5.69 Å². The van der Waals surface area contributed by atoms with Gasteiger partial charge in [0.15, 0.2) is 0 Å². The van der Waals surface area contributed by atoms with Gasteiger partial charge in [0, 0.05) is 36.0 Å². The van der Waals surface area contributed by atoms with E-state index in [1.165, 1.54) is 16.4 Å². The molecule has 1 aliphatic rings. The van der Waals surface area contributed by atoms with Gasteiger partial charge in [-0.05, 0) is 55.9 Å². The topological polar surface area (TPSA) is 110 Å². The molecular formula is C20H23N3O5S2. The molecule has 3 rings (SSSR count). The molecule has 0 bridgehead atoms. The molecule has 1 fully saturated rings. The maximum atomic E-state index is 12.9. The van der Waals surface area contributed by atoms with Gasteiger partial charge in [-0.15, -0.1) is 11.8 Å². The number of non-ortho nitro benzene ring substituents is 1. The number of hydrogen-bond acceptors (Lipinski definition) is 6. The highest BCUT2D eigenvalue weighted by molar-refractivity contribution is 7.98. The number of carbonyl (C=O) groups is 1. The number of anilines is 1. The molecule has 160 valence electrons. The Morgan fingerprint density at radius 1 is 1.17 bits per heavy atom. The second kappa shape index (κ2) is 9.15. The molecule has 0 saturated carbocycles. The van der Waals surface area contributed by atoms with Crippen molar-refractivity contribution in [2.75, 3.05) is 24.7 Å². The molecule has 0 radical (unpaired) electrons. The van der Waals surface area contributed by atoms with Crippen LogP contribution in [0.25, 0.3) is 0 Å². The first-order valence-corrected chi connectivity index (χ1v) is 12.1. The van der Waals surface area contributed by atoms with Crippen LogP contribution in [0.1, 0.15) is 18.4 Å². The summed E-state index contributed by atoms with van der Waals surface area (Å²) < 4.78 is 27.1. The lowest BCUT2D eigenvalue weighted by Crippen LogP contribution is -2.41. The lowest BCUT2D eigenvalue weighted by molar-refractivity contribution is -0.384. The zero-order valence-electron chi connectivity index (χ0n) is 16.7. The van der Waals surface area contributed by atoms with Crippen molar-refractivity contribution in [2.24, 2.45) is 5.92 Å². The Balaban J connectivity index is 1.64. The lowest BCUT2D eigenvalue weighted by Gasteiger charge is -2.30. The van der Waals surface area contributed by atoms with Crippen LogP contribution in [0, 0.1) is 23.0 Å².